The van der Waals surface area contributed by atoms with Gasteiger partial charge in [0.2, 0.25) is 0 Å². The third-order valence-corrected chi connectivity index (χ3v) is 13.9. The van der Waals surface area contributed by atoms with Crippen LogP contribution in [-0.4, -0.2) is 25.4 Å². The van der Waals surface area contributed by atoms with Crippen molar-refractivity contribution in [2.75, 3.05) is 0 Å². The van der Waals surface area contributed by atoms with E-state index in [2.05, 4.69) is 237 Å². The van der Waals surface area contributed by atoms with Crippen LogP contribution in [0.25, 0.3) is 93.6 Å². The van der Waals surface area contributed by atoms with Crippen LogP contribution in [0, 0.1) is 0 Å². The molecule has 0 aliphatic carbocycles. The molecule has 0 radical (unpaired) electrons. The summed E-state index contributed by atoms with van der Waals surface area (Å²) in [4.78, 5) is 10.5. The molecule has 0 saturated heterocycles. The molecule has 324 valence electrons. The van der Waals surface area contributed by atoms with E-state index in [4.69, 9.17) is 9.98 Å². The van der Waals surface area contributed by atoms with Crippen LogP contribution >= 0.6 is 0 Å². The Bertz CT molecular complexity index is 4160. The molecule has 4 heterocycles. The molecule has 0 saturated carbocycles. The molecule has 1 aliphatic heterocycles. The Morgan fingerprint density at radius 3 is 1.51 bits per heavy atom. The number of para-hydroxylation sites is 6. The Hall–Kier alpha value is -9.26. The predicted octanol–water partition coefficient (Wildman–Crippen LogP) is 15.1. The summed E-state index contributed by atoms with van der Waals surface area (Å²) in [6.07, 6.45) is -0.421. The standard InChI is InChI=1S/C63H42N6/c1-4-21-41(22-5-1)61-64-62(42-23-6-2-7-24-42)66-63(65-61)50-31-14-19-37-56(50)69-55-36-18-13-30-49(55)59-47(32-20-38-57(59)69)51-39-44(68-52-33-15-10-27-45(52)46-28-11-16-34-53(46)68)40-58-60(51)48-29-12-17-35-54(48)67(58)43-25-8-3-9-26-43/h1-40,63H,(H,64,65,66). The van der Waals surface area contributed by atoms with E-state index in [0.717, 1.165) is 61.7 Å². The average Bonchev–Trinajstić information content (AvgIpc) is 4.07. The van der Waals surface area contributed by atoms with Crippen molar-refractivity contribution in [2.45, 2.75) is 6.17 Å². The van der Waals surface area contributed by atoms with Crippen LogP contribution in [0.2, 0.25) is 0 Å². The fraction of sp³-hybridized carbons (Fsp3) is 0.0159. The Labute approximate surface area is 398 Å². The van der Waals surface area contributed by atoms with E-state index < -0.39 is 6.17 Å². The highest BCUT2D eigenvalue weighted by Crippen LogP contribution is 2.46. The maximum atomic E-state index is 5.36. The molecule has 1 N–H and O–H groups in total. The smallest absolute Gasteiger partial charge is 0.159 e. The van der Waals surface area contributed by atoms with Gasteiger partial charge in [-0.3, -0.25) is 0 Å². The van der Waals surface area contributed by atoms with Crippen LogP contribution in [0.4, 0.5) is 0 Å². The SMILES string of the molecule is c1ccc(C2=NC(c3ccccc3-n3c4ccccc4c4c(-c5cc(-n6c7ccccc7c7ccccc76)cc6c5c5ccccc5n6-c5ccccc5)cccc43)NC(c3ccccc3)=N2)cc1. The molecule has 1 unspecified atom stereocenters. The normalized spacial score (nSPS) is 13.9. The number of hydrogen-bond donors (Lipinski definition) is 1. The minimum Gasteiger partial charge on any atom is -0.344 e. The first kappa shape index (κ1) is 39.0. The quantitative estimate of drug-likeness (QED) is 0.170. The Kier molecular flexibility index (Phi) is 8.86. The van der Waals surface area contributed by atoms with Crippen molar-refractivity contribution in [3.63, 3.8) is 0 Å². The Balaban J connectivity index is 1.05. The fourth-order valence-electron chi connectivity index (χ4n) is 11.0. The maximum Gasteiger partial charge on any atom is 0.159 e. The van der Waals surface area contributed by atoms with Gasteiger partial charge in [-0.2, -0.15) is 0 Å². The van der Waals surface area contributed by atoms with Crippen LogP contribution in [0.3, 0.4) is 0 Å². The number of nitrogens with one attached hydrogen (secondary N) is 1. The minimum atomic E-state index is -0.421. The molecule has 14 rings (SSSR count). The van der Waals surface area contributed by atoms with Gasteiger partial charge >= 0.3 is 0 Å². The van der Waals surface area contributed by atoms with Crippen LogP contribution < -0.4 is 5.32 Å². The zero-order chi connectivity index (χ0) is 45.4. The van der Waals surface area contributed by atoms with E-state index in [1.807, 2.05) is 24.3 Å². The van der Waals surface area contributed by atoms with Crippen molar-refractivity contribution in [3.05, 3.63) is 259 Å². The summed E-state index contributed by atoms with van der Waals surface area (Å²) >= 11 is 0. The first-order valence-corrected chi connectivity index (χ1v) is 23.5. The molecule has 0 amide bonds. The van der Waals surface area contributed by atoms with Crippen LogP contribution in [0.1, 0.15) is 22.9 Å². The molecular weight excluding hydrogens is 841 g/mol. The molecule has 13 aromatic rings. The summed E-state index contributed by atoms with van der Waals surface area (Å²) in [5.41, 5.74) is 15.5. The first-order valence-electron chi connectivity index (χ1n) is 23.5. The van der Waals surface area contributed by atoms with Crippen molar-refractivity contribution < 1.29 is 0 Å². The van der Waals surface area contributed by atoms with E-state index in [1.54, 1.807) is 0 Å². The fourth-order valence-corrected chi connectivity index (χ4v) is 11.0. The lowest BCUT2D eigenvalue weighted by molar-refractivity contribution is 0.670. The van der Waals surface area contributed by atoms with Crippen molar-refractivity contribution in [3.8, 4) is 28.2 Å². The number of aromatic nitrogens is 3. The van der Waals surface area contributed by atoms with Gasteiger partial charge in [0.05, 0.1) is 38.8 Å². The van der Waals surface area contributed by atoms with Gasteiger partial charge in [0, 0.05) is 60.4 Å². The first-order chi connectivity index (χ1) is 34.3. The van der Waals surface area contributed by atoms with Crippen LogP contribution in [0.5, 0.6) is 0 Å². The Morgan fingerprint density at radius 1 is 0.348 bits per heavy atom. The monoisotopic (exact) mass is 882 g/mol. The summed E-state index contributed by atoms with van der Waals surface area (Å²) in [6.45, 7) is 0. The largest absolute Gasteiger partial charge is 0.344 e. The van der Waals surface area contributed by atoms with Crippen molar-refractivity contribution in [2.24, 2.45) is 9.98 Å². The molecule has 10 aromatic carbocycles. The van der Waals surface area contributed by atoms with E-state index in [-0.39, 0.29) is 0 Å². The number of hydrogen-bond acceptors (Lipinski definition) is 3. The minimum absolute atomic E-state index is 0.421. The van der Waals surface area contributed by atoms with Gasteiger partial charge in [-0.25, -0.2) is 9.98 Å². The highest BCUT2D eigenvalue weighted by atomic mass is 15.2. The number of nitrogens with zero attached hydrogens (tertiary/aromatic N) is 5. The second-order valence-electron chi connectivity index (χ2n) is 17.7. The molecule has 0 spiro atoms. The molecule has 0 fully saturated rings. The number of fused-ring (bicyclic) bond motifs is 9. The molecule has 0 bridgehead atoms. The number of benzene rings is 10. The Morgan fingerprint density at radius 2 is 0.841 bits per heavy atom. The lowest BCUT2D eigenvalue weighted by atomic mass is 9.94. The molecule has 3 aromatic heterocycles. The third kappa shape index (κ3) is 6.12. The van der Waals surface area contributed by atoms with E-state index >= 15 is 0 Å². The highest BCUT2D eigenvalue weighted by molar-refractivity contribution is 6.23. The molecule has 69 heavy (non-hydrogen) atoms. The molecule has 1 atom stereocenters. The van der Waals surface area contributed by atoms with Crippen molar-refractivity contribution >= 4 is 77.1 Å². The number of amidine groups is 2. The second kappa shape index (κ2) is 15.7. The van der Waals surface area contributed by atoms with E-state index in [9.17, 15) is 0 Å². The second-order valence-corrected chi connectivity index (χ2v) is 17.7. The van der Waals surface area contributed by atoms with Crippen molar-refractivity contribution in [1.29, 1.82) is 0 Å². The van der Waals surface area contributed by atoms with Gasteiger partial charge in [0.15, 0.2) is 5.84 Å². The lowest BCUT2D eigenvalue weighted by Crippen LogP contribution is -2.34. The van der Waals surface area contributed by atoms with Crippen LogP contribution in [-0.2, 0) is 0 Å². The average molecular weight is 883 g/mol. The van der Waals surface area contributed by atoms with Gasteiger partial charge < -0.3 is 19.0 Å². The topological polar surface area (TPSA) is 51.5 Å². The molecule has 6 heteroatoms. The molecular formula is C63H42N6. The van der Waals surface area contributed by atoms with Gasteiger partial charge in [-0.05, 0) is 71.8 Å². The lowest BCUT2D eigenvalue weighted by Gasteiger charge is -2.26. The van der Waals surface area contributed by atoms with E-state index in [1.165, 1.54) is 54.5 Å². The van der Waals surface area contributed by atoms with E-state index in [0.29, 0.717) is 5.84 Å². The van der Waals surface area contributed by atoms with Gasteiger partial charge in [0.1, 0.15) is 12.0 Å². The molecule has 6 nitrogen and oxygen atoms in total. The predicted molar refractivity (Wildman–Crippen MR) is 287 cm³/mol. The summed E-state index contributed by atoms with van der Waals surface area (Å²) in [5.74, 6) is 1.48. The zero-order valence-corrected chi connectivity index (χ0v) is 37.4. The summed E-state index contributed by atoms with van der Waals surface area (Å²) in [5, 5.41) is 11.0. The van der Waals surface area contributed by atoms with Gasteiger partial charge in [0.25, 0.3) is 0 Å². The molecule has 1 aliphatic rings. The van der Waals surface area contributed by atoms with Gasteiger partial charge in [-0.1, -0.05) is 182 Å². The van der Waals surface area contributed by atoms with Crippen molar-refractivity contribution in [1.82, 2.24) is 19.0 Å². The highest BCUT2D eigenvalue weighted by Gasteiger charge is 2.27. The number of rotatable bonds is 7. The maximum absolute atomic E-state index is 5.36. The third-order valence-electron chi connectivity index (χ3n) is 13.9. The summed E-state index contributed by atoms with van der Waals surface area (Å²) in [7, 11) is 0. The summed E-state index contributed by atoms with van der Waals surface area (Å²) < 4.78 is 7.34. The summed E-state index contributed by atoms with van der Waals surface area (Å²) in [6, 6.07) is 87.1. The van der Waals surface area contributed by atoms with Crippen LogP contribution in [0.15, 0.2) is 253 Å². The zero-order valence-electron chi connectivity index (χ0n) is 37.4. The van der Waals surface area contributed by atoms with Gasteiger partial charge in [-0.15, -0.1) is 0 Å². The number of aliphatic imine (C=N–C) groups is 2.